The van der Waals surface area contributed by atoms with Crippen LogP contribution in [0.5, 0.6) is 0 Å². The highest BCUT2D eigenvalue weighted by atomic mass is 16.2. The predicted octanol–water partition coefficient (Wildman–Crippen LogP) is 0.820. The number of carbonyl (C=O) groups excluding carboxylic acids is 1. The number of carbonyl (C=O) groups is 1. The Bertz CT molecular complexity index is 210. The first kappa shape index (κ1) is 9.51. The zero-order valence-electron chi connectivity index (χ0n) is 6.58. The zero-order valence-corrected chi connectivity index (χ0v) is 6.58. The van der Waals surface area contributed by atoms with Gasteiger partial charge in [-0.25, -0.2) is 0 Å². The molecule has 0 heterocycles. The summed E-state index contributed by atoms with van der Waals surface area (Å²) in [7, 11) is 1.65. The molecule has 0 aromatic heterocycles. The fourth-order valence-electron chi connectivity index (χ4n) is 0.492. The number of hydrogen-bond acceptors (Lipinski definition) is 1. The SMILES string of the molecule is C#CCN(C)C(=O)/C=C\C=C. The van der Waals surface area contributed by atoms with Gasteiger partial charge in [0, 0.05) is 13.1 Å². The monoisotopic (exact) mass is 149 g/mol. The van der Waals surface area contributed by atoms with Crippen LogP contribution in [0.15, 0.2) is 24.8 Å². The average molecular weight is 149 g/mol. The molecule has 0 spiro atoms. The normalized spacial score (nSPS) is 9.09. The van der Waals surface area contributed by atoms with Gasteiger partial charge in [0.2, 0.25) is 5.91 Å². The summed E-state index contributed by atoms with van der Waals surface area (Å²) in [6, 6.07) is 0. The lowest BCUT2D eigenvalue weighted by molar-refractivity contribution is -0.124. The van der Waals surface area contributed by atoms with Crippen molar-refractivity contribution in [3.8, 4) is 12.3 Å². The number of likely N-dealkylation sites (N-methyl/N-ethyl adjacent to an activating group) is 1. The third-order valence-electron chi connectivity index (χ3n) is 1.08. The van der Waals surface area contributed by atoms with Crippen LogP contribution in [0, 0.1) is 12.3 Å². The number of hydrogen-bond donors (Lipinski definition) is 0. The summed E-state index contributed by atoms with van der Waals surface area (Å²) in [5, 5.41) is 0. The molecule has 0 unspecified atom stereocenters. The van der Waals surface area contributed by atoms with E-state index in [0.29, 0.717) is 6.54 Å². The Balaban J connectivity index is 3.94. The highest BCUT2D eigenvalue weighted by Gasteiger charge is 1.99. The molecule has 0 bridgehead atoms. The van der Waals surface area contributed by atoms with Crippen LogP contribution in [0.3, 0.4) is 0 Å². The summed E-state index contributed by atoms with van der Waals surface area (Å²) >= 11 is 0. The van der Waals surface area contributed by atoms with Crippen LogP contribution in [0.1, 0.15) is 0 Å². The van der Waals surface area contributed by atoms with Crippen molar-refractivity contribution >= 4 is 5.91 Å². The second-order valence-electron chi connectivity index (χ2n) is 1.99. The zero-order chi connectivity index (χ0) is 8.69. The quantitative estimate of drug-likeness (QED) is 0.330. The van der Waals surface area contributed by atoms with E-state index in [4.69, 9.17) is 6.42 Å². The molecule has 0 rings (SSSR count). The molecule has 0 fully saturated rings. The van der Waals surface area contributed by atoms with Crippen molar-refractivity contribution < 1.29 is 4.79 Å². The minimum Gasteiger partial charge on any atom is -0.331 e. The number of terminal acetylenes is 1. The summed E-state index contributed by atoms with van der Waals surface area (Å²) in [5.74, 6) is 2.26. The fraction of sp³-hybridized carbons (Fsp3) is 0.222. The van der Waals surface area contributed by atoms with Gasteiger partial charge in [0.05, 0.1) is 6.54 Å². The second-order valence-corrected chi connectivity index (χ2v) is 1.99. The van der Waals surface area contributed by atoms with Gasteiger partial charge in [-0.1, -0.05) is 24.7 Å². The van der Waals surface area contributed by atoms with Crippen molar-refractivity contribution in [2.45, 2.75) is 0 Å². The van der Waals surface area contributed by atoms with E-state index in [1.54, 1.807) is 19.2 Å². The van der Waals surface area contributed by atoms with Gasteiger partial charge in [-0.3, -0.25) is 4.79 Å². The lowest BCUT2D eigenvalue weighted by atomic mass is 10.4. The van der Waals surface area contributed by atoms with Crippen molar-refractivity contribution in [1.29, 1.82) is 0 Å². The molecule has 0 saturated heterocycles. The molecule has 0 saturated carbocycles. The molecular weight excluding hydrogens is 138 g/mol. The lowest BCUT2D eigenvalue weighted by Crippen LogP contribution is -2.24. The molecule has 0 atom stereocenters. The molecule has 2 heteroatoms. The van der Waals surface area contributed by atoms with Crippen molar-refractivity contribution in [3.63, 3.8) is 0 Å². The van der Waals surface area contributed by atoms with Crippen molar-refractivity contribution in [2.75, 3.05) is 13.6 Å². The maximum atomic E-state index is 11.0. The van der Waals surface area contributed by atoms with E-state index < -0.39 is 0 Å². The Morgan fingerprint density at radius 3 is 2.91 bits per heavy atom. The van der Waals surface area contributed by atoms with Crippen LogP contribution in [0.4, 0.5) is 0 Å². The third kappa shape index (κ3) is 3.99. The topological polar surface area (TPSA) is 20.3 Å². The van der Waals surface area contributed by atoms with E-state index >= 15 is 0 Å². The Hall–Kier alpha value is -1.49. The minimum atomic E-state index is -0.108. The maximum absolute atomic E-state index is 11.0. The second kappa shape index (κ2) is 5.31. The molecule has 0 aromatic rings. The third-order valence-corrected chi connectivity index (χ3v) is 1.08. The number of rotatable bonds is 3. The Kier molecular flexibility index (Phi) is 4.59. The van der Waals surface area contributed by atoms with Gasteiger partial charge in [-0.2, -0.15) is 0 Å². The van der Waals surface area contributed by atoms with Crippen LogP contribution in [0.2, 0.25) is 0 Å². The van der Waals surface area contributed by atoms with Crippen LogP contribution in [0.25, 0.3) is 0 Å². The highest BCUT2D eigenvalue weighted by molar-refractivity contribution is 5.87. The minimum absolute atomic E-state index is 0.108. The molecule has 1 amide bonds. The summed E-state index contributed by atoms with van der Waals surface area (Å²) < 4.78 is 0. The molecule has 0 aliphatic heterocycles. The van der Waals surface area contributed by atoms with E-state index in [0.717, 1.165) is 0 Å². The molecule has 0 aromatic carbocycles. The molecular formula is C9H11NO. The first-order chi connectivity index (χ1) is 5.22. The molecule has 58 valence electrons. The first-order valence-corrected chi connectivity index (χ1v) is 3.20. The number of amides is 1. The Labute approximate surface area is 67.2 Å². The summed E-state index contributed by atoms with van der Waals surface area (Å²) in [5.41, 5.74) is 0. The summed E-state index contributed by atoms with van der Waals surface area (Å²) in [6.45, 7) is 3.77. The van der Waals surface area contributed by atoms with Gasteiger partial charge in [0.25, 0.3) is 0 Å². The fourth-order valence-corrected chi connectivity index (χ4v) is 0.492. The molecule has 0 aliphatic rings. The van der Waals surface area contributed by atoms with Crippen LogP contribution in [-0.4, -0.2) is 24.4 Å². The van der Waals surface area contributed by atoms with Crippen LogP contribution < -0.4 is 0 Å². The van der Waals surface area contributed by atoms with Crippen molar-refractivity contribution in [2.24, 2.45) is 0 Å². The predicted molar refractivity (Wildman–Crippen MR) is 45.8 cm³/mol. The summed E-state index contributed by atoms with van der Waals surface area (Å²) in [6.07, 6.45) is 9.55. The van der Waals surface area contributed by atoms with Gasteiger partial charge < -0.3 is 4.90 Å². The van der Waals surface area contributed by atoms with Crippen molar-refractivity contribution in [1.82, 2.24) is 4.90 Å². The molecule has 0 aliphatic carbocycles. The molecule has 0 N–H and O–H groups in total. The van der Waals surface area contributed by atoms with Crippen LogP contribution >= 0.6 is 0 Å². The number of nitrogens with zero attached hydrogens (tertiary/aromatic N) is 1. The first-order valence-electron chi connectivity index (χ1n) is 3.20. The van der Waals surface area contributed by atoms with E-state index in [2.05, 4.69) is 12.5 Å². The van der Waals surface area contributed by atoms with Crippen molar-refractivity contribution in [3.05, 3.63) is 24.8 Å². The molecule has 0 radical (unpaired) electrons. The smallest absolute Gasteiger partial charge is 0.247 e. The van der Waals surface area contributed by atoms with E-state index in [1.165, 1.54) is 11.0 Å². The standard InChI is InChI=1S/C9H11NO/c1-4-6-7-9(11)10(3)8-5-2/h2,4,6-7H,1,8H2,3H3/b7-6-. The molecule has 11 heavy (non-hydrogen) atoms. The largest absolute Gasteiger partial charge is 0.331 e. The van der Waals surface area contributed by atoms with Gasteiger partial charge >= 0.3 is 0 Å². The Morgan fingerprint density at radius 1 is 1.82 bits per heavy atom. The van der Waals surface area contributed by atoms with E-state index in [1.807, 2.05) is 0 Å². The van der Waals surface area contributed by atoms with E-state index in [-0.39, 0.29) is 5.91 Å². The lowest BCUT2D eigenvalue weighted by Gasteiger charge is -2.09. The van der Waals surface area contributed by atoms with Gasteiger partial charge in [0.15, 0.2) is 0 Å². The van der Waals surface area contributed by atoms with Gasteiger partial charge in [-0.05, 0) is 0 Å². The maximum Gasteiger partial charge on any atom is 0.247 e. The summed E-state index contributed by atoms with van der Waals surface area (Å²) in [4.78, 5) is 12.4. The van der Waals surface area contributed by atoms with Gasteiger partial charge in [-0.15, -0.1) is 6.42 Å². The Morgan fingerprint density at radius 2 is 2.45 bits per heavy atom. The molecule has 2 nitrogen and oxygen atoms in total. The van der Waals surface area contributed by atoms with E-state index in [9.17, 15) is 4.79 Å². The number of allylic oxidation sites excluding steroid dienone is 2. The average Bonchev–Trinajstić information content (AvgIpc) is 2.00. The highest BCUT2D eigenvalue weighted by Crippen LogP contribution is 1.85. The van der Waals surface area contributed by atoms with Gasteiger partial charge in [0.1, 0.15) is 0 Å². The van der Waals surface area contributed by atoms with Crippen LogP contribution in [-0.2, 0) is 4.79 Å².